The minimum atomic E-state index is 0.188. The summed E-state index contributed by atoms with van der Waals surface area (Å²) in [6.07, 6.45) is 0. The van der Waals surface area contributed by atoms with Gasteiger partial charge in [0.1, 0.15) is 5.78 Å². The molecule has 20 heavy (non-hydrogen) atoms. The minimum Gasteiger partial charge on any atom is -0.299 e. The van der Waals surface area contributed by atoms with Crippen LogP contribution in [0.2, 0.25) is 0 Å². The molecule has 0 bridgehead atoms. The molecule has 104 valence electrons. The second-order valence-electron chi connectivity index (χ2n) is 4.92. The van der Waals surface area contributed by atoms with E-state index in [-0.39, 0.29) is 5.78 Å². The second kappa shape index (κ2) is 7.36. The third-order valence-corrected chi connectivity index (χ3v) is 3.82. The molecule has 2 rings (SSSR count). The van der Waals surface area contributed by atoms with Gasteiger partial charge in [-0.2, -0.15) is 0 Å². The summed E-state index contributed by atoms with van der Waals surface area (Å²) in [6.45, 7) is 3.64. The summed E-state index contributed by atoms with van der Waals surface area (Å²) in [5, 5.41) is 0. The highest BCUT2D eigenvalue weighted by Gasteiger charge is 2.11. The largest absolute Gasteiger partial charge is 0.299 e. The molecular weight excluding hydrogens is 314 g/mol. The van der Waals surface area contributed by atoms with Crippen molar-refractivity contribution in [1.29, 1.82) is 0 Å². The molecule has 2 nitrogen and oxygen atoms in total. The van der Waals surface area contributed by atoms with E-state index >= 15 is 0 Å². The van der Waals surface area contributed by atoms with Gasteiger partial charge in [-0.1, -0.05) is 64.5 Å². The number of hydrogen-bond donors (Lipinski definition) is 0. The summed E-state index contributed by atoms with van der Waals surface area (Å²) < 4.78 is 1.08. The molecule has 0 N–H and O–H groups in total. The first-order valence-electron chi connectivity index (χ1n) is 6.64. The molecule has 0 aliphatic rings. The molecule has 0 fully saturated rings. The average molecular weight is 332 g/mol. The van der Waals surface area contributed by atoms with Gasteiger partial charge in [-0.15, -0.1) is 0 Å². The van der Waals surface area contributed by atoms with Crippen LogP contribution in [0.15, 0.2) is 59.1 Å². The lowest BCUT2D eigenvalue weighted by molar-refractivity contribution is -0.118. The smallest absolute Gasteiger partial charge is 0.143 e. The Hall–Kier alpha value is -1.45. The molecule has 2 aromatic carbocycles. The Bertz CT molecular complexity index is 568. The van der Waals surface area contributed by atoms with E-state index in [0.29, 0.717) is 6.54 Å². The van der Waals surface area contributed by atoms with Gasteiger partial charge in [-0.25, -0.2) is 0 Å². The normalized spacial score (nSPS) is 10.8. The van der Waals surface area contributed by atoms with Crippen LogP contribution in [-0.2, 0) is 17.9 Å². The van der Waals surface area contributed by atoms with Crippen molar-refractivity contribution in [3.05, 3.63) is 70.2 Å². The first-order valence-corrected chi connectivity index (χ1v) is 7.43. The Morgan fingerprint density at radius 3 is 2.30 bits per heavy atom. The van der Waals surface area contributed by atoms with Gasteiger partial charge in [0, 0.05) is 17.6 Å². The Balaban J connectivity index is 2.12. The van der Waals surface area contributed by atoms with Crippen molar-refractivity contribution >= 4 is 21.7 Å². The lowest BCUT2D eigenvalue weighted by Gasteiger charge is -2.21. The van der Waals surface area contributed by atoms with Crippen molar-refractivity contribution < 1.29 is 4.79 Å². The maximum Gasteiger partial charge on any atom is 0.143 e. The molecule has 0 saturated heterocycles. The lowest BCUT2D eigenvalue weighted by Crippen LogP contribution is -2.28. The van der Waals surface area contributed by atoms with E-state index in [4.69, 9.17) is 0 Å². The predicted molar refractivity (Wildman–Crippen MR) is 85.4 cm³/mol. The molecule has 0 atom stereocenters. The second-order valence-corrected chi connectivity index (χ2v) is 5.78. The van der Waals surface area contributed by atoms with E-state index < -0.39 is 0 Å². The van der Waals surface area contributed by atoms with Gasteiger partial charge >= 0.3 is 0 Å². The summed E-state index contributed by atoms with van der Waals surface area (Å²) in [5.41, 5.74) is 2.42. The first-order chi connectivity index (χ1) is 9.65. The van der Waals surface area contributed by atoms with Crippen molar-refractivity contribution in [3.8, 4) is 0 Å². The SMILES string of the molecule is CC(=O)CN(Cc1ccccc1)Cc1ccccc1Br. The molecule has 0 spiro atoms. The molecule has 0 aromatic heterocycles. The number of Topliss-reactive ketones (excluding diaryl/α,β-unsaturated/α-hetero) is 1. The molecule has 2 aromatic rings. The van der Waals surface area contributed by atoms with Crippen molar-refractivity contribution in [2.75, 3.05) is 6.54 Å². The Labute approximate surface area is 128 Å². The minimum absolute atomic E-state index is 0.188. The zero-order valence-electron chi connectivity index (χ0n) is 11.6. The number of halogens is 1. The molecule has 0 unspecified atom stereocenters. The number of benzene rings is 2. The standard InChI is InChI=1S/C17H18BrNO/c1-14(20)11-19(12-15-7-3-2-4-8-15)13-16-9-5-6-10-17(16)18/h2-10H,11-13H2,1H3. The van der Waals surface area contributed by atoms with E-state index in [0.717, 1.165) is 17.6 Å². The number of nitrogens with zero attached hydrogens (tertiary/aromatic N) is 1. The fourth-order valence-electron chi connectivity index (χ4n) is 2.19. The van der Waals surface area contributed by atoms with Gasteiger partial charge < -0.3 is 0 Å². The molecule has 0 aliphatic heterocycles. The lowest BCUT2D eigenvalue weighted by atomic mass is 10.1. The van der Waals surface area contributed by atoms with Crippen LogP contribution in [0.3, 0.4) is 0 Å². The summed E-state index contributed by atoms with van der Waals surface area (Å²) in [7, 11) is 0. The molecule has 0 aliphatic carbocycles. The highest BCUT2D eigenvalue weighted by molar-refractivity contribution is 9.10. The molecule has 3 heteroatoms. The molecule has 0 amide bonds. The van der Waals surface area contributed by atoms with Gasteiger partial charge in [0.2, 0.25) is 0 Å². The maximum atomic E-state index is 11.5. The van der Waals surface area contributed by atoms with Crippen molar-refractivity contribution in [3.63, 3.8) is 0 Å². The highest BCUT2D eigenvalue weighted by Crippen LogP contribution is 2.19. The molecule has 0 saturated carbocycles. The number of ketones is 1. The summed E-state index contributed by atoms with van der Waals surface area (Å²) in [6, 6.07) is 18.4. The predicted octanol–water partition coefficient (Wildman–Crippen LogP) is 4.04. The Morgan fingerprint density at radius 1 is 1.00 bits per heavy atom. The van der Waals surface area contributed by atoms with Gasteiger partial charge in [0.15, 0.2) is 0 Å². The van der Waals surface area contributed by atoms with Crippen LogP contribution >= 0.6 is 15.9 Å². The van der Waals surface area contributed by atoms with Crippen LogP contribution in [0.1, 0.15) is 18.1 Å². The van der Waals surface area contributed by atoms with Gasteiger partial charge in [0.05, 0.1) is 6.54 Å². The first kappa shape index (κ1) is 14.9. The fraction of sp³-hybridized carbons (Fsp3) is 0.235. The van der Waals surface area contributed by atoms with Gasteiger partial charge in [-0.3, -0.25) is 9.69 Å². The van der Waals surface area contributed by atoms with E-state index in [1.54, 1.807) is 6.92 Å². The Kier molecular flexibility index (Phi) is 5.50. The van der Waals surface area contributed by atoms with E-state index in [2.05, 4.69) is 39.0 Å². The van der Waals surface area contributed by atoms with Crippen LogP contribution in [-0.4, -0.2) is 17.2 Å². The highest BCUT2D eigenvalue weighted by atomic mass is 79.9. The summed E-state index contributed by atoms with van der Waals surface area (Å²) in [5.74, 6) is 0.188. The topological polar surface area (TPSA) is 20.3 Å². The quantitative estimate of drug-likeness (QED) is 0.796. The zero-order chi connectivity index (χ0) is 14.4. The van der Waals surface area contributed by atoms with Crippen molar-refractivity contribution in [2.45, 2.75) is 20.0 Å². The third-order valence-electron chi connectivity index (χ3n) is 3.05. The van der Waals surface area contributed by atoms with Crippen LogP contribution in [0.4, 0.5) is 0 Å². The van der Waals surface area contributed by atoms with Crippen LogP contribution in [0.25, 0.3) is 0 Å². The molecule has 0 heterocycles. The molecular formula is C17H18BrNO. The number of carbonyl (C=O) groups is 1. The maximum absolute atomic E-state index is 11.5. The zero-order valence-corrected chi connectivity index (χ0v) is 13.1. The van der Waals surface area contributed by atoms with E-state index in [1.165, 1.54) is 11.1 Å². The molecule has 0 radical (unpaired) electrons. The fourth-order valence-corrected chi connectivity index (χ4v) is 2.60. The van der Waals surface area contributed by atoms with Crippen LogP contribution in [0, 0.1) is 0 Å². The van der Waals surface area contributed by atoms with E-state index in [1.807, 2.05) is 36.4 Å². The van der Waals surface area contributed by atoms with E-state index in [9.17, 15) is 4.79 Å². The van der Waals surface area contributed by atoms with Crippen molar-refractivity contribution in [2.24, 2.45) is 0 Å². The van der Waals surface area contributed by atoms with Crippen LogP contribution < -0.4 is 0 Å². The Morgan fingerprint density at radius 2 is 1.65 bits per heavy atom. The number of carbonyl (C=O) groups excluding carboxylic acids is 1. The number of rotatable bonds is 6. The third kappa shape index (κ3) is 4.58. The average Bonchev–Trinajstić information content (AvgIpc) is 2.42. The van der Waals surface area contributed by atoms with Gasteiger partial charge in [-0.05, 0) is 24.1 Å². The summed E-state index contributed by atoms with van der Waals surface area (Å²) >= 11 is 3.56. The van der Waals surface area contributed by atoms with Crippen LogP contribution in [0.5, 0.6) is 0 Å². The summed E-state index contributed by atoms with van der Waals surface area (Å²) in [4.78, 5) is 13.6. The van der Waals surface area contributed by atoms with Crippen molar-refractivity contribution in [1.82, 2.24) is 4.90 Å². The van der Waals surface area contributed by atoms with Gasteiger partial charge in [0.25, 0.3) is 0 Å². The monoisotopic (exact) mass is 331 g/mol. The number of hydrogen-bond acceptors (Lipinski definition) is 2.